The average Bonchev–Trinajstić information content (AvgIpc) is 2.16. The van der Waals surface area contributed by atoms with Crippen LogP contribution < -0.4 is 5.32 Å². The Morgan fingerprint density at radius 3 is 2.77 bits per heavy atom. The summed E-state index contributed by atoms with van der Waals surface area (Å²) >= 11 is 0. The molecule has 0 saturated carbocycles. The van der Waals surface area contributed by atoms with E-state index in [1.165, 1.54) is 0 Å². The number of anilines is 1. The molecule has 1 unspecified atom stereocenters. The van der Waals surface area contributed by atoms with Crippen molar-refractivity contribution >= 4 is 5.82 Å². The van der Waals surface area contributed by atoms with Crippen molar-refractivity contribution < 1.29 is 10.2 Å². The molecule has 1 heterocycles. The zero-order valence-electron chi connectivity index (χ0n) is 7.44. The number of rotatable bonds is 4. The van der Waals surface area contributed by atoms with Crippen LogP contribution in [0, 0.1) is 6.92 Å². The Kier molecular flexibility index (Phi) is 3.60. The van der Waals surface area contributed by atoms with Gasteiger partial charge in [-0.15, -0.1) is 5.10 Å². The third kappa shape index (κ3) is 3.35. The molecule has 0 radical (unpaired) electrons. The number of aliphatic hydroxyl groups excluding tert-OH is 2. The van der Waals surface area contributed by atoms with Crippen molar-refractivity contribution in [2.45, 2.75) is 13.0 Å². The van der Waals surface area contributed by atoms with Crippen LogP contribution in [-0.4, -0.2) is 39.7 Å². The van der Waals surface area contributed by atoms with Crippen LogP contribution in [-0.2, 0) is 0 Å². The summed E-state index contributed by atoms with van der Waals surface area (Å²) in [7, 11) is 0. The summed E-state index contributed by atoms with van der Waals surface area (Å²) in [6, 6.07) is 3.59. The Bertz CT molecular complexity index is 250. The summed E-state index contributed by atoms with van der Waals surface area (Å²) in [5.41, 5.74) is 0.841. The van der Waals surface area contributed by atoms with Gasteiger partial charge in [0.1, 0.15) is 5.82 Å². The van der Waals surface area contributed by atoms with Crippen LogP contribution in [0.1, 0.15) is 5.69 Å². The molecule has 0 fully saturated rings. The first-order valence-corrected chi connectivity index (χ1v) is 4.05. The second-order valence-electron chi connectivity index (χ2n) is 2.78. The Morgan fingerprint density at radius 2 is 2.23 bits per heavy atom. The number of aliphatic hydroxyl groups is 2. The fraction of sp³-hybridized carbons (Fsp3) is 0.500. The van der Waals surface area contributed by atoms with Gasteiger partial charge in [-0.25, -0.2) is 0 Å². The normalized spacial score (nSPS) is 12.5. The number of hydrogen-bond acceptors (Lipinski definition) is 5. The van der Waals surface area contributed by atoms with E-state index in [-0.39, 0.29) is 13.2 Å². The van der Waals surface area contributed by atoms with Crippen LogP contribution in [0.5, 0.6) is 0 Å². The topological polar surface area (TPSA) is 78.3 Å². The van der Waals surface area contributed by atoms with E-state index < -0.39 is 6.10 Å². The van der Waals surface area contributed by atoms with Crippen LogP contribution in [0.25, 0.3) is 0 Å². The molecule has 5 heteroatoms. The number of aromatic nitrogens is 2. The van der Waals surface area contributed by atoms with Gasteiger partial charge in [0.25, 0.3) is 0 Å². The molecule has 0 spiro atoms. The van der Waals surface area contributed by atoms with E-state index in [4.69, 9.17) is 10.2 Å². The summed E-state index contributed by atoms with van der Waals surface area (Å²) in [5, 5.41) is 28.0. The van der Waals surface area contributed by atoms with Gasteiger partial charge in [0.2, 0.25) is 0 Å². The van der Waals surface area contributed by atoms with Crippen molar-refractivity contribution in [1.82, 2.24) is 10.2 Å². The molecular formula is C8H13N3O2. The maximum absolute atomic E-state index is 9.01. The van der Waals surface area contributed by atoms with Crippen molar-refractivity contribution in [2.75, 3.05) is 18.5 Å². The van der Waals surface area contributed by atoms with Gasteiger partial charge in [-0.3, -0.25) is 0 Å². The van der Waals surface area contributed by atoms with Crippen molar-refractivity contribution in [3.05, 3.63) is 17.8 Å². The first-order valence-electron chi connectivity index (χ1n) is 4.05. The van der Waals surface area contributed by atoms with E-state index in [1.54, 1.807) is 6.07 Å². The van der Waals surface area contributed by atoms with E-state index in [0.717, 1.165) is 5.69 Å². The van der Waals surface area contributed by atoms with E-state index >= 15 is 0 Å². The Hall–Kier alpha value is -1.20. The van der Waals surface area contributed by atoms with E-state index in [9.17, 15) is 0 Å². The predicted octanol–water partition coefficient (Wildman–Crippen LogP) is -0.450. The third-order valence-electron chi connectivity index (χ3n) is 1.53. The van der Waals surface area contributed by atoms with Gasteiger partial charge in [0, 0.05) is 6.54 Å². The Morgan fingerprint density at radius 1 is 1.46 bits per heavy atom. The van der Waals surface area contributed by atoms with Gasteiger partial charge in [-0.05, 0) is 19.1 Å². The molecule has 0 aliphatic carbocycles. The largest absolute Gasteiger partial charge is 0.394 e. The van der Waals surface area contributed by atoms with Crippen molar-refractivity contribution in [1.29, 1.82) is 0 Å². The van der Waals surface area contributed by atoms with Crippen molar-refractivity contribution in [3.63, 3.8) is 0 Å². The molecule has 0 bridgehead atoms. The molecule has 13 heavy (non-hydrogen) atoms. The SMILES string of the molecule is Cc1ccc(NCC(O)CO)nn1. The highest BCUT2D eigenvalue weighted by atomic mass is 16.3. The molecule has 1 aromatic rings. The molecule has 0 aromatic carbocycles. The molecule has 0 saturated heterocycles. The van der Waals surface area contributed by atoms with E-state index in [0.29, 0.717) is 5.82 Å². The summed E-state index contributed by atoms with van der Waals surface area (Å²) in [4.78, 5) is 0. The smallest absolute Gasteiger partial charge is 0.148 e. The van der Waals surface area contributed by atoms with Crippen LogP contribution in [0.15, 0.2) is 12.1 Å². The summed E-state index contributed by atoms with van der Waals surface area (Å²) in [6.45, 7) is 1.86. The maximum atomic E-state index is 9.01. The lowest BCUT2D eigenvalue weighted by molar-refractivity contribution is 0.105. The molecular weight excluding hydrogens is 170 g/mol. The molecule has 1 rings (SSSR count). The molecule has 5 nitrogen and oxygen atoms in total. The van der Waals surface area contributed by atoms with Gasteiger partial charge < -0.3 is 15.5 Å². The monoisotopic (exact) mass is 183 g/mol. The van der Waals surface area contributed by atoms with Crippen LogP contribution in [0.4, 0.5) is 5.82 Å². The molecule has 1 atom stereocenters. The van der Waals surface area contributed by atoms with Crippen LogP contribution in [0.2, 0.25) is 0 Å². The van der Waals surface area contributed by atoms with E-state index in [1.807, 2.05) is 13.0 Å². The second-order valence-corrected chi connectivity index (χ2v) is 2.78. The number of nitrogens with zero attached hydrogens (tertiary/aromatic N) is 2. The average molecular weight is 183 g/mol. The minimum atomic E-state index is -0.761. The number of aryl methyl sites for hydroxylation is 1. The lowest BCUT2D eigenvalue weighted by atomic mass is 10.3. The predicted molar refractivity (Wildman–Crippen MR) is 48.4 cm³/mol. The zero-order valence-corrected chi connectivity index (χ0v) is 7.44. The summed E-state index contributed by atoms with van der Waals surface area (Å²) in [6.07, 6.45) is -0.761. The summed E-state index contributed by atoms with van der Waals surface area (Å²) < 4.78 is 0. The fourth-order valence-corrected chi connectivity index (χ4v) is 0.780. The summed E-state index contributed by atoms with van der Waals surface area (Å²) in [5.74, 6) is 0.595. The van der Waals surface area contributed by atoms with Crippen LogP contribution >= 0.6 is 0 Å². The highest BCUT2D eigenvalue weighted by molar-refractivity contribution is 5.32. The number of nitrogens with one attached hydrogen (secondary N) is 1. The standard InChI is InChI=1S/C8H13N3O2/c1-6-2-3-8(11-10-6)9-4-7(13)5-12/h2-3,7,12-13H,4-5H2,1H3,(H,9,11). The molecule has 72 valence electrons. The van der Waals surface area contributed by atoms with Gasteiger partial charge in [-0.1, -0.05) is 0 Å². The van der Waals surface area contributed by atoms with Gasteiger partial charge >= 0.3 is 0 Å². The highest BCUT2D eigenvalue weighted by Crippen LogP contribution is 2.00. The minimum Gasteiger partial charge on any atom is -0.394 e. The third-order valence-corrected chi connectivity index (χ3v) is 1.53. The van der Waals surface area contributed by atoms with Gasteiger partial charge in [-0.2, -0.15) is 5.10 Å². The quantitative estimate of drug-likeness (QED) is 0.589. The first kappa shape index (κ1) is 9.88. The molecule has 0 aliphatic rings. The lowest BCUT2D eigenvalue weighted by Crippen LogP contribution is -2.23. The second kappa shape index (κ2) is 4.74. The van der Waals surface area contributed by atoms with Gasteiger partial charge in [0.05, 0.1) is 18.4 Å². The molecule has 0 amide bonds. The highest BCUT2D eigenvalue weighted by Gasteiger charge is 2.01. The maximum Gasteiger partial charge on any atom is 0.148 e. The molecule has 3 N–H and O–H groups in total. The lowest BCUT2D eigenvalue weighted by Gasteiger charge is -2.08. The molecule has 0 aliphatic heterocycles. The van der Waals surface area contributed by atoms with Gasteiger partial charge in [0.15, 0.2) is 0 Å². The molecule has 1 aromatic heterocycles. The Labute approximate surface area is 76.4 Å². The van der Waals surface area contributed by atoms with Crippen LogP contribution in [0.3, 0.4) is 0 Å². The van der Waals surface area contributed by atoms with Crippen molar-refractivity contribution in [3.8, 4) is 0 Å². The van der Waals surface area contributed by atoms with E-state index in [2.05, 4.69) is 15.5 Å². The number of hydrogen-bond donors (Lipinski definition) is 3. The minimum absolute atomic E-state index is 0.258. The Balaban J connectivity index is 2.41. The zero-order chi connectivity index (χ0) is 9.68. The first-order chi connectivity index (χ1) is 6.22. The van der Waals surface area contributed by atoms with Crippen molar-refractivity contribution in [2.24, 2.45) is 0 Å². The fourth-order valence-electron chi connectivity index (χ4n) is 0.780.